The minimum absolute atomic E-state index is 0.0235. The van der Waals surface area contributed by atoms with Gasteiger partial charge < -0.3 is 9.84 Å². The van der Waals surface area contributed by atoms with Crippen LogP contribution in [0.4, 0.5) is 0 Å². The van der Waals surface area contributed by atoms with Crippen LogP contribution in [-0.4, -0.2) is 24.5 Å². The number of nitrogens with one attached hydrogen (secondary N) is 1. The third-order valence-corrected chi connectivity index (χ3v) is 7.11. The minimum Gasteiger partial charge on any atom is -0.349 e. The molecule has 0 fully saturated rings. The predicted octanol–water partition coefficient (Wildman–Crippen LogP) is 3.48. The molecule has 0 saturated carbocycles. The molecule has 3 aromatic rings. The molecule has 1 amide bonds. The third-order valence-electron chi connectivity index (χ3n) is 5.48. The molecule has 0 saturated heterocycles. The van der Waals surface area contributed by atoms with Crippen molar-refractivity contribution < 1.29 is 17.7 Å². The highest BCUT2D eigenvalue weighted by molar-refractivity contribution is 7.90. The molecule has 162 valence electrons. The topological polar surface area (TPSA) is 102 Å². The first kappa shape index (κ1) is 21.2. The van der Waals surface area contributed by atoms with Crippen molar-refractivity contribution in [1.29, 1.82) is 0 Å². The van der Waals surface area contributed by atoms with Crippen LogP contribution in [0, 0.1) is 6.92 Å². The Bertz CT molecular complexity index is 1170. The van der Waals surface area contributed by atoms with Crippen LogP contribution in [0.25, 0.3) is 0 Å². The first-order valence-corrected chi connectivity index (χ1v) is 12.0. The number of sulfone groups is 1. The van der Waals surface area contributed by atoms with E-state index in [1.807, 2.05) is 19.1 Å². The summed E-state index contributed by atoms with van der Waals surface area (Å²) in [6, 6.07) is 14.9. The molecule has 0 spiro atoms. The van der Waals surface area contributed by atoms with Crippen molar-refractivity contribution in [1.82, 2.24) is 15.5 Å². The molecule has 31 heavy (non-hydrogen) atoms. The number of carbonyl (C=O) groups excluding carboxylic acids is 1. The van der Waals surface area contributed by atoms with Gasteiger partial charge in [-0.05, 0) is 49.4 Å². The van der Waals surface area contributed by atoms with Gasteiger partial charge in [0.25, 0.3) is 0 Å². The summed E-state index contributed by atoms with van der Waals surface area (Å²) in [4.78, 5) is 16.8. The number of aromatic nitrogens is 2. The molecule has 1 aliphatic carbocycles. The number of fused-ring (bicyclic) bond motifs is 1. The maximum Gasteiger partial charge on any atom is 0.227 e. The van der Waals surface area contributed by atoms with Gasteiger partial charge in [-0.2, -0.15) is 4.98 Å². The highest BCUT2D eigenvalue weighted by atomic mass is 32.2. The van der Waals surface area contributed by atoms with E-state index >= 15 is 0 Å². The van der Waals surface area contributed by atoms with Crippen LogP contribution < -0.4 is 5.32 Å². The van der Waals surface area contributed by atoms with Crippen molar-refractivity contribution >= 4 is 15.7 Å². The Balaban J connectivity index is 1.32. The molecule has 0 radical (unpaired) electrons. The van der Waals surface area contributed by atoms with Gasteiger partial charge in [0.05, 0.1) is 10.9 Å². The normalized spacial score (nSPS) is 16.0. The number of hydrogen-bond acceptors (Lipinski definition) is 6. The number of rotatable bonds is 7. The monoisotopic (exact) mass is 439 g/mol. The number of hydrogen-bond donors (Lipinski definition) is 1. The van der Waals surface area contributed by atoms with Gasteiger partial charge in [-0.25, -0.2) is 8.42 Å². The fourth-order valence-electron chi connectivity index (χ4n) is 3.84. The van der Waals surface area contributed by atoms with Crippen LogP contribution in [0.15, 0.2) is 57.9 Å². The lowest BCUT2D eigenvalue weighted by Gasteiger charge is -2.26. The van der Waals surface area contributed by atoms with Crippen LogP contribution in [0.2, 0.25) is 0 Å². The maximum atomic E-state index is 12.5. The van der Waals surface area contributed by atoms with Crippen molar-refractivity contribution in [2.75, 3.05) is 0 Å². The Morgan fingerprint density at radius 3 is 2.74 bits per heavy atom. The second-order valence-corrected chi connectivity index (χ2v) is 9.88. The zero-order chi connectivity index (χ0) is 21.8. The van der Waals surface area contributed by atoms with E-state index in [-0.39, 0.29) is 47.2 Å². The van der Waals surface area contributed by atoms with Gasteiger partial charge in [-0.3, -0.25) is 4.79 Å². The second kappa shape index (κ2) is 9.01. The average molecular weight is 440 g/mol. The summed E-state index contributed by atoms with van der Waals surface area (Å²) < 4.78 is 30.2. The number of benzene rings is 2. The van der Waals surface area contributed by atoms with E-state index in [4.69, 9.17) is 4.52 Å². The highest BCUT2D eigenvalue weighted by Gasteiger charge is 2.22. The number of nitrogens with zero attached hydrogens (tertiary/aromatic N) is 2. The standard InChI is InChI=1S/C23H25N3O4S/c1-16-9-11-18(12-10-16)31(28,29)15-21-25-23(30-26-21)14-13-22(27)24-20-8-4-6-17-5-2-3-7-19(17)20/h2-3,5,7,9-12,20H,4,6,8,13-15H2,1H3,(H,24,27)/t20-/m1/s1. The summed E-state index contributed by atoms with van der Waals surface area (Å²) >= 11 is 0. The third kappa shape index (κ3) is 5.19. The molecular formula is C23H25N3O4S. The zero-order valence-corrected chi connectivity index (χ0v) is 18.2. The summed E-state index contributed by atoms with van der Waals surface area (Å²) in [5, 5.41) is 6.86. The van der Waals surface area contributed by atoms with Crippen LogP contribution in [0.5, 0.6) is 0 Å². The molecule has 7 nitrogen and oxygen atoms in total. The van der Waals surface area contributed by atoms with E-state index in [2.05, 4.69) is 27.6 Å². The van der Waals surface area contributed by atoms with Crippen molar-refractivity contribution in [2.24, 2.45) is 0 Å². The van der Waals surface area contributed by atoms with E-state index in [0.717, 1.165) is 24.8 Å². The van der Waals surface area contributed by atoms with Crippen molar-refractivity contribution in [3.8, 4) is 0 Å². The Labute approximate surface area is 181 Å². The number of carbonyl (C=O) groups is 1. The highest BCUT2D eigenvalue weighted by Crippen LogP contribution is 2.29. The summed E-state index contributed by atoms with van der Waals surface area (Å²) in [7, 11) is -3.56. The molecule has 1 N–H and O–H groups in total. The van der Waals surface area contributed by atoms with E-state index in [0.29, 0.717) is 0 Å². The van der Waals surface area contributed by atoms with Gasteiger partial charge in [0.1, 0.15) is 5.75 Å². The van der Waals surface area contributed by atoms with Crippen molar-refractivity contribution in [3.05, 3.63) is 76.9 Å². The molecule has 1 atom stereocenters. The summed E-state index contributed by atoms with van der Waals surface area (Å²) in [6.45, 7) is 1.89. The van der Waals surface area contributed by atoms with Crippen molar-refractivity contribution in [3.63, 3.8) is 0 Å². The average Bonchev–Trinajstić information content (AvgIpc) is 3.19. The first-order valence-electron chi connectivity index (χ1n) is 10.4. The van der Waals surface area contributed by atoms with Crippen LogP contribution >= 0.6 is 0 Å². The molecule has 2 aromatic carbocycles. The minimum atomic E-state index is -3.56. The Morgan fingerprint density at radius 1 is 1.16 bits per heavy atom. The summed E-state index contributed by atoms with van der Waals surface area (Å²) in [6.07, 6.45) is 3.47. The van der Waals surface area contributed by atoms with Gasteiger partial charge in [0, 0.05) is 12.8 Å². The van der Waals surface area contributed by atoms with Crippen molar-refractivity contribution in [2.45, 2.75) is 55.7 Å². The molecule has 0 unspecified atom stereocenters. The van der Waals surface area contributed by atoms with E-state index in [1.54, 1.807) is 24.3 Å². The van der Waals surface area contributed by atoms with E-state index < -0.39 is 9.84 Å². The summed E-state index contributed by atoms with van der Waals surface area (Å²) in [5.74, 6) is -0.0795. The van der Waals surface area contributed by atoms with Crippen LogP contribution in [-0.2, 0) is 33.2 Å². The molecule has 1 aromatic heterocycles. The lowest BCUT2D eigenvalue weighted by molar-refractivity contribution is -0.122. The molecule has 1 aliphatic rings. The lowest BCUT2D eigenvalue weighted by atomic mass is 9.87. The Hall–Kier alpha value is -3.00. The van der Waals surface area contributed by atoms with Gasteiger partial charge in [-0.1, -0.05) is 47.1 Å². The Morgan fingerprint density at radius 2 is 1.94 bits per heavy atom. The lowest BCUT2D eigenvalue weighted by Crippen LogP contribution is -2.31. The second-order valence-electron chi connectivity index (χ2n) is 7.89. The quantitative estimate of drug-likeness (QED) is 0.605. The molecule has 4 rings (SSSR count). The Kier molecular flexibility index (Phi) is 6.18. The molecule has 8 heteroatoms. The first-order chi connectivity index (χ1) is 14.9. The van der Waals surface area contributed by atoms with Crippen LogP contribution in [0.1, 0.15) is 53.7 Å². The predicted molar refractivity (Wildman–Crippen MR) is 115 cm³/mol. The van der Waals surface area contributed by atoms with E-state index in [1.165, 1.54) is 11.1 Å². The largest absolute Gasteiger partial charge is 0.349 e. The zero-order valence-electron chi connectivity index (χ0n) is 17.4. The molecule has 0 aliphatic heterocycles. The number of aryl methyl sites for hydroxylation is 3. The molecule has 0 bridgehead atoms. The molecule has 1 heterocycles. The van der Waals surface area contributed by atoms with E-state index in [9.17, 15) is 13.2 Å². The fourth-order valence-corrected chi connectivity index (χ4v) is 5.01. The van der Waals surface area contributed by atoms with Gasteiger partial charge in [-0.15, -0.1) is 0 Å². The SMILES string of the molecule is Cc1ccc(S(=O)(=O)Cc2noc(CCC(=O)N[C@@H]3CCCc4ccccc43)n2)cc1. The fraction of sp³-hybridized carbons (Fsp3) is 0.348. The maximum absolute atomic E-state index is 12.5. The van der Waals surface area contributed by atoms with Crippen LogP contribution in [0.3, 0.4) is 0 Å². The van der Waals surface area contributed by atoms with Gasteiger partial charge in [0.15, 0.2) is 15.7 Å². The van der Waals surface area contributed by atoms with Gasteiger partial charge in [0.2, 0.25) is 11.8 Å². The van der Waals surface area contributed by atoms with Gasteiger partial charge >= 0.3 is 0 Å². The molecular weight excluding hydrogens is 414 g/mol. The number of amides is 1. The smallest absolute Gasteiger partial charge is 0.227 e. The summed E-state index contributed by atoms with van der Waals surface area (Å²) in [5.41, 5.74) is 3.45.